The van der Waals surface area contributed by atoms with Crippen LogP contribution in [0, 0.1) is 0 Å². The van der Waals surface area contributed by atoms with E-state index in [0.717, 1.165) is 90.3 Å². The lowest BCUT2D eigenvalue weighted by Crippen LogP contribution is -2.49. The van der Waals surface area contributed by atoms with Gasteiger partial charge in [0.15, 0.2) is 0 Å². The van der Waals surface area contributed by atoms with Gasteiger partial charge in [-0.2, -0.15) is 0 Å². The molecule has 0 atom stereocenters. The van der Waals surface area contributed by atoms with E-state index in [9.17, 15) is 0 Å². The highest BCUT2D eigenvalue weighted by molar-refractivity contribution is 5.87. The SMILES string of the molecule is c1nc(N2CCC(N3CCOCC3)CC2)c2ccn(CCN3CCOCC3)c2n1. The molecule has 0 bridgehead atoms. The molecule has 3 fully saturated rings. The van der Waals surface area contributed by atoms with Crippen molar-refractivity contribution in [3.8, 4) is 0 Å². The maximum absolute atomic E-state index is 5.51. The number of anilines is 1. The average Bonchev–Trinajstić information content (AvgIpc) is 3.22. The van der Waals surface area contributed by atoms with Crippen LogP contribution in [0.5, 0.6) is 0 Å². The minimum atomic E-state index is 0.686. The molecule has 8 heteroatoms. The number of piperidine rings is 1. The fraction of sp³-hybridized carbons (Fsp3) is 0.714. The molecule has 3 aliphatic rings. The van der Waals surface area contributed by atoms with Crippen LogP contribution in [0.1, 0.15) is 12.8 Å². The van der Waals surface area contributed by atoms with E-state index in [0.29, 0.717) is 6.04 Å². The Morgan fingerprint density at radius 2 is 1.59 bits per heavy atom. The predicted molar refractivity (Wildman–Crippen MR) is 112 cm³/mol. The number of fused-ring (bicyclic) bond motifs is 1. The molecule has 3 saturated heterocycles. The smallest absolute Gasteiger partial charge is 0.145 e. The Bertz CT molecular complexity index is 792. The van der Waals surface area contributed by atoms with Crippen molar-refractivity contribution in [1.29, 1.82) is 0 Å². The fourth-order valence-electron chi connectivity index (χ4n) is 4.88. The van der Waals surface area contributed by atoms with Crippen LogP contribution >= 0.6 is 0 Å². The van der Waals surface area contributed by atoms with Gasteiger partial charge in [0.05, 0.1) is 31.8 Å². The van der Waals surface area contributed by atoms with Crippen molar-refractivity contribution in [2.24, 2.45) is 0 Å². The van der Waals surface area contributed by atoms with Crippen LogP contribution in [-0.2, 0) is 16.0 Å². The first-order chi connectivity index (χ1) is 14.4. The second kappa shape index (κ2) is 8.95. The molecule has 0 saturated carbocycles. The Morgan fingerprint density at radius 1 is 0.862 bits per heavy atom. The number of hydrogen-bond acceptors (Lipinski definition) is 7. The number of morpholine rings is 2. The fourth-order valence-corrected chi connectivity index (χ4v) is 4.88. The van der Waals surface area contributed by atoms with Crippen molar-refractivity contribution >= 4 is 16.9 Å². The molecule has 29 heavy (non-hydrogen) atoms. The first-order valence-corrected chi connectivity index (χ1v) is 11.1. The molecule has 5 rings (SSSR count). The number of ether oxygens (including phenoxy) is 2. The van der Waals surface area contributed by atoms with Gasteiger partial charge in [-0.3, -0.25) is 9.80 Å². The molecule has 2 aromatic heterocycles. The Balaban J connectivity index is 1.24. The van der Waals surface area contributed by atoms with Crippen LogP contribution in [0.2, 0.25) is 0 Å². The van der Waals surface area contributed by atoms with Gasteiger partial charge in [0.2, 0.25) is 0 Å². The molecule has 0 aromatic carbocycles. The van der Waals surface area contributed by atoms with E-state index in [4.69, 9.17) is 9.47 Å². The molecule has 0 N–H and O–H groups in total. The van der Waals surface area contributed by atoms with E-state index in [-0.39, 0.29) is 0 Å². The van der Waals surface area contributed by atoms with Gasteiger partial charge in [-0.05, 0) is 18.9 Å². The third-order valence-electron chi connectivity index (χ3n) is 6.62. The van der Waals surface area contributed by atoms with Crippen LogP contribution in [0.4, 0.5) is 5.82 Å². The Labute approximate surface area is 172 Å². The number of nitrogens with zero attached hydrogens (tertiary/aromatic N) is 6. The molecule has 2 aromatic rings. The summed E-state index contributed by atoms with van der Waals surface area (Å²) in [6.07, 6.45) is 6.30. The molecule has 5 heterocycles. The standard InChI is InChI=1S/C21H32N6O2/c1-4-26(5-2-18(1)25-11-15-29-16-12-25)20-19-3-6-27(21(19)23-17-22-20)8-7-24-9-13-28-14-10-24/h3,6,17-18H,1-2,4-5,7-16H2. The summed E-state index contributed by atoms with van der Waals surface area (Å²) in [4.78, 5) is 16.8. The highest BCUT2D eigenvalue weighted by Gasteiger charge is 2.27. The van der Waals surface area contributed by atoms with Crippen molar-refractivity contribution in [3.63, 3.8) is 0 Å². The highest BCUT2D eigenvalue weighted by atomic mass is 16.5. The molecule has 0 amide bonds. The summed E-state index contributed by atoms with van der Waals surface area (Å²) in [5, 5.41) is 1.18. The maximum Gasteiger partial charge on any atom is 0.145 e. The van der Waals surface area contributed by atoms with Gasteiger partial charge >= 0.3 is 0 Å². The zero-order valence-corrected chi connectivity index (χ0v) is 17.2. The molecule has 8 nitrogen and oxygen atoms in total. The van der Waals surface area contributed by atoms with E-state index >= 15 is 0 Å². The lowest BCUT2D eigenvalue weighted by Gasteiger charge is -2.40. The molecule has 0 unspecified atom stereocenters. The topological polar surface area (TPSA) is 58.9 Å². The zero-order chi connectivity index (χ0) is 19.5. The minimum absolute atomic E-state index is 0.686. The van der Waals surface area contributed by atoms with E-state index < -0.39 is 0 Å². The molecule has 0 radical (unpaired) electrons. The van der Waals surface area contributed by atoms with Crippen LogP contribution in [0.3, 0.4) is 0 Å². The van der Waals surface area contributed by atoms with Crippen LogP contribution in [0.25, 0.3) is 11.0 Å². The Morgan fingerprint density at radius 3 is 2.34 bits per heavy atom. The van der Waals surface area contributed by atoms with Gasteiger partial charge in [-0.1, -0.05) is 0 Å². The maximum atomic E-state index is 5.51. The summed E-state index contributed by atoms with van der Waals surface area (Å²) in [5.41, 5.74) is 1.05. The van der Waals surface area contributed by atoms with Crippen molar-refractivity contribution < 1.29 is 9.47 Å². The van der Waals surface area contributed by atoms with E-state index in [1.807, 2.05) is 0 Å². The zero-order valence-electron chi connectivity index (χ0n) is 17.2. The highest BCUT2D eigenvalue weighted by Crippen LogP contribution is 2.28. The molecular formula is C21H32N6O2. The van der Waals surface area contributed by atoms with Crippen LogP contribution in [-0.4, -0.2) is 103 Å². The normalized spacial score (nSPS) is 23.1. The summed E-state index contributed by atoms with van der Waals surface area (Å²) in [6, 6.07) is 2.88. The van der Waals surface area contributed by atoms with Gasteiger partial charge in [0.1, 0.15) is 17.8 Å². The lowest BCUT2D eigenvalue weighted by molar-refractivity contribution is 0.0115. The molecule has 0 spiro atoms. The quantitative estimate of drug-likeness (QED) is 0.744. The summed E-state index contributed by atoms with van der Waals surface area (Å²) in [6.45, 7) is 11.8. The minimum Gasteiger partial charge on any atom is -0.379 e. The monoisotopic (exact) mass is 400 g/mol. The third-order valence-corrected chi connectivity index (χ3v) is 6.62. The number of aromatic nitrogens is 3. The van der Waals surface area contributed by atoms with Crippen LogP contribution in [0.15, 0.2) is 18.6 Å². The Hall–Kier alpha value is -1.74. The van der Waals surface area contributed by atoms with Gasteiger partial charge in [0, 0.05) is 64.6 Å². The summed E-state index contributed by atoms with van der Waals surface area (Å²) in [5.74, 6) is 1.10. The molecule has 0 aliphatic carbocycles. The van der Waals surface area contributed by atoms with E-state index in [1.54, 1.807) is 6.33 Å². The Kier molecular flexibility index (Phi) is 5.94. The van der Waals surface area contributed by atoms with Crippen molar-refractivity contribution in [3.05, 3.63) is 18.6 Å². The summed E-state index contributed by atoms with van der Waals surface area (Å²) < 4.78 is 13.2. The van der Waals surface area contributed by atoms with Gasteiger partial charge < -0.3 is 18.9 Å². The number of rotatable bonds is 5. The molecular weight excluding hydrogens is 368 g/mol. The molecule has 3 aliphatic heterocycles. The second-order valence-electron chi connectivity index (χ2n) is 8.26. The lowest BCUT2D eigenvalue weighted by atomic mass is 10.0. The third kappa shape index (κ3) is 4.26. The van der Waals surface area contributed by atoms with Crippen molar-refractivity contribution in [1.82, 2.24) is 24.3 Å². The van der Waals surface area contributed by atoms with Crippen LogP contribution < -0.4 is 4.90 Å². The van der Waals surface area contributed by atoms with Gasteiger partial charge in [-0.25, -0.2) is 9.97 Å². The number of hydrogen-bond donors (Lipinski definition) is 0. The predicted octanol–water partition coefficient (Wildman–Crippen LogP) is 1.06. The second-order valence-corrected chi connectivity index (χ2v) is 8.26. The average molecular weight is 401 g/mol. The first-order valence-electron chi connectivity index (χ1n) is 11.1. The van der Waals surface area contributed by atoms with Gasteiger partial charge in [0.25, 0.3) is 0 Å². The van der Waals surface area contributed by atoms with E-state index in [1.165, 1.54) is 18.2 Å². The van der Waals surface area contributed by atoms with Crippen molar-refractivity contribution in [2.45, 2.75) is 25.4 Å². The van der Waals surface area contributed by atoms with E-state index in [2.05, 4.69) is 41.5 Å². The first kappa shape index (κ1) is 19.2. The summed E-state index contributed by atoms with van der Waals surface area (Å²) >= 11 is 0. The van der Waals surface area contributed by atoms with Crippen molar-refractivity contribution in [2.75, 3.05) is 77.1 Å². The summed E-state index contributed by atoms with van der Waals surface area (Å²) in [7, 11) is 0. The van der Waals surface area contributed by atoms with Gasteiger partial charge in [-0.15, -0.1) is 0 Å². The molecule has 158 valence electrons. The largest absolute Gasteiger partial charge is 0.379 e.